The van der Waals surface area contributed by atoms with Gasteiger partial charge >= 0.3 is 0 Å². The van der Waals surface area contributed by atoms with Crippen LogP contribution in [0, 0.1) is 13.8 Å². The molecule has 0 N–H and O–H groups in total. The van der Waals surface area contributed by atoms with E-state index in [0.29, 0.717) is 22.4 Å². The van der Waals surface area contributed by atoms with Gasteiger partial charge in [0.2, 0.25) is 5.76 Å². The number of rotatable bonds is 3. The van der Waals surface area contributed by atoms with Gasteiger partial charge in [0.1, 0.15) is 11.4 Å². The first kappa shape index (κ1) is 19.6. The maximum Gasteiger partial charge on any atom is 0.296 e. The van der Waals surface area contributed by atoms with E-state index in [4.69, 9.17) is 4.42 Å². The molecule has 2 aromatic carbocycles. The molecule has 5 rings (SSSR count). The van der Waals surface area contributed by atoms with E-state index in [0.717, 1.165) is 21.7 Å². The van der Waals surface area contributed by atoms with Crippen molar-refractivity contribution in [1.29, 1.82) is 0 Å². The molecule has 1 unspecified atom stereocenters. The number of anilines is 1. The van der Waals surface area contributed by atoms with Gasteiger partial charge < -0.3 is 4.42 Å². The fourth-order valence-electron chi connectivity index (χ4n) is 4.09. The van der Waals surface area contributed by atoms with Crippen LogP contribution < -0.4 is 10.3 Å². The van der Waals surface area contributed by atoms with E-state index >= 15 is 0 Å². The van der Waals surface area contributed by atoms with E-state index in [-0.39, 0.29) is 17.1 Å². The highest BCUT2D eigenvalue weighted by Gasteiger charge is 2.44. The van der Waals surface area contributed by atoms with E-state index in [1.54, 1.807) is 28.8 Å². The van der Waals surface area contributed by atoms with E-state index in [9.17, 15) is 9.59 Å². The number of pyridine rings is 1. The Bertz CT molecular complexity index is 1390. The predicted octanol–water partition coefficient (Wildman–Crippen LogP) is 5.28. The molecular formula is C25H20N2O3S. The molecule has 6 heteroatoms. The monoisotopic (exact) mass is 428 g/mol. The molecule has 2 aromatic heterocycles. The van der Waals surface area contributed by atoms with Crippen molar-refractivity contribution < 1.29 is 9.21 Å². The summed E-state index contributed by atoms with van der Waals surface area (Å²) in [7, 11) is 0. The maximum atomic E-state index is 13.6. The molecule has 1 atom stereocenters. The zero-order valence-electron chi connectivity index (χ0n) is 17.4. The molecule has 0 fully saturated rings. The average Bonchev–Trinajstić information content (AvgIpc) is 3.07. The van der Waals surface area contributed by atoms with E-state index in [2.05, 4.69) is 4.98 Å². The van der Waals surface area contributed by atoms with Crippen LogP contribution in [0.3, 0.4) is 0 Å². The number of fused-ring (bicyclic) bond motifs is 2. The van der Waals surface area contributed by atoms with Gasteiger partial charge in [0.05, 0.1) is 17.0 Å². The lowest BCUT2D eigenvalue weighted by atomic mass is 9.98. The van der Waals surface area contributed by atoms with Crippen molar-refractivity contribution in [3.8, 4) is 0 Å². The summed E-state index contributed by atoms with van der Waals surface area (Å²) in [6.07, 6.45) is 2.01. The number of aryl methyl sites for hydroxylation is 2. The number of thioether (sulfide) groups is 1. The largest absolute Gasteiger partial charge is 0.450 e. The molecule has 1 amide bonds. The van der Waals surface area contributed by atoms with Gasteiger partial charge in [0.25, 0.3) is 5.91 Å². The first-order valence-electron chi connectivity index (χ1n) is 9.96. The normalized spacial score (nSPS) is 15.5. The van der Waals surface area contributed by atoms with Crippen molar-refractivity contribution in [1.82, 2.24) is 4.98 Å². The van der Waals surface area contributed by atoms with Gasteiger partial charge in [-0.25, -0.2) is 4.98 Å². The first-order chi connectivity index (χ1) is 15.0. The Balaban J connectivity index is 1.80. The van der Waals surface area contributed by atoms with Crippen LogP contribution in [-0.4, -0.2) is 17.1 Å². The summed E-state index contributed by atoms with van der Waals surface area (Å²) in [6, 6.07) is 18.3. The van der Waals surface area contributed by atoms with Crippen molar-refractivity contribution in [3.05, 3.63) is 99.0 Å². The van der Waals surface area contributed by atoms with Gasteiger partial charge in [-0.05, 0) is 62.1 Å². The van der Waals surface area contributed by atoms with Crippen LogP contribution in [0.25, 0.3) is 11.0 Å². The predicted molar refractivity (Wildman–Crippen MR) is 123 cm³/mol. The molecule has 0 bridgehead atoms. The molecule has 154 valence electrons. The molecule has 0 spiro atoms. The second-order valence-corrected chi connectivity index (χ2v) is 8.54. The van der Waals surface area contributed by atoms with Crippen molar-refractivity contribution in [2.24, 2.45) is 0 Å². The smallest absolute Gasteiger partial charge is 0.296 e. The highest BCUT2D eigenvalue weighted by molar-refractivity contribution is 7.98. The standard InChI is InChI=1S/C25H20N2O3S/c1-14-7-12-19-18(13-14)23(28)21-22(16-8-10-17(31-3)11-9-16)27(25(29)24(21)30-19)20-6-4-5-15(2)26-20/h4-13,22H,1-3H3. The van der Waals surface area contributed by atoms with Gasteiger partial charge in [0, 0.05) is 10.6 Å². The van der Waals surface area contributed by atoms with Crippen molar-refractivity contribution in [3.63, 3.8) is 0 Å². The van der Waals surface area contributed by atoms with E-state index < -0.39 is 6.04 Å². The second kappa shape index (κ2) is 7.39. The maximum absolute atomic E-state index is 13.6. The van der Waals surface area contributed by atoms with Gasteiger partial charge in [-0.1, -0.05) is 29.8 Å². The van der Waals surface area contributed by atoms with Crippen molar-refractivity contribution >= 4 is 34.5 Å². The SMILES string of the molecule is CSc1ccc(C2c3c(oc4ccc(C)cc4c3=O)C(=O)N2c2cccc(C)n2)cc1. The molecule has 0 aliphatic carbocycles. The summed E-state index contributed by atoms with van der Waals surface area (Å²) < 4.78 is 6.01. The third-order valence-electron chi connectivity index (χ3n) is 5.58. The Morgan fingerprint density at radius 1 is 1.00 bits per heavy atom. The van der Waals surface area contributed by atoms with Gasteiger partial charge in [-0.3, -0.25) is 14.5 Å². The van der Waals surface area contributed by atoms with E-state index in [1.165, 1.54) is 0 Å². The van der Waals surface area contributed by atoms with Gasteiger partial charge in [-0.2, -0.15) is 0 Å². The van der Waals surface area contributed by atoms with Crippen molar-refractivity contribution in [2.75, 3.05) is 11.2 Å². The molecule has 3 heterocycles. The highest BCUT2D eigenvalue weighted by atomic mass is 32.2. The summed E-state index contributed by atoms with van der Waals surface area (Å²) in [5, 5.41) is 0.483. The third-order valence-corrected chi connectivity index (χ3v) is 6.32. The average molecular weight is 429 g/mol. The van der Waals surface area contributed by atoms with E-state index in [1.807, 2.05) is 68.6 Å². The molecule has 0 radical (unpaired) electrons. The quantitative estimate of drug-likeness (QED) is 0.416. The summed E-state index contributed by atoms with van der Waals surface area (Å²) in [5.41, 5.74) is 3.19. The minimum Gasteiger partial charge on any atom is -0.450 e. The number of carbonyl (C=O) groups excluding carboxylic acids is 1. The number of amides is 1. The highest BCUT2D eigenvalue weighted by Crippen LogP contribution is 2.41. The number of hydrogen-bond acceptors (Lipinski definition) is 5. The summed E-state index contributed by atoms with van der Waals surface area (Å²) in [6.45, 7) is 3.80. The first-order valence-corrected chi connectivity index (χ1v) is 11.2. The van der Waals surface area contributed by atoms with Crippen LogP contribution in [0.1, 0.15) is 39.0 Å². The molecule has 5 nitrogen and oxygen atoms in total. The Kier molecular flexibility index (Phi) is 4.67. The Morgan fingerprint density at radius 3 is 2.48 bits per heavy atom. The summed E-state index contributed by atoms with van der Waals surface area (Å²) in [4.78, 5) is 34.4. The number of hydrogen-bond donors (Lipinski definition) is 0. The molecule has 0 saturated heterocycles. The molecular weight excluding hydrogens is 408 g/mol. The lowest BCUT2D eigenvalue weighted by molar-refractivity contribution is 0.0970. The van der Waals surface area contributed by atoms with Gasteiger partial charge in [0.15, 0.2) is 5.43 Å². The minimum absolute atomic E-state index is 0.0867. The van der Waals surface area contributed by atoms with Crippen LogP contribution in [0.15, 0.2) is 74.8 Å². The fraction of sp³-hybridized carbons (Fsp3) is 0.160. The van der Waals surface area contributed by atoms with Crippen LogP contribution in [0.5, 0.6) is 0 Å². The molecule has 1 aliphatic rings. The summed E-state index contributed by atoms with van der Waals surface area (Å²) >= 11 is 1.64. The second-order valence-electron chi connectivity index (χ2n) is 7.66. The number of nitrogens with zero attached hydrogens (tertiary/aromatic N) is 2. The van der Waals surface area contributed by atoms with Gasteiger partial charge in [-0.15, -0.1) is 11.8 Å². The third kappa shape index (κ3) is 3.15. The van der Waals surface area contributed by atoms with Crippen LogP contribution in [-0.2, 0) is 0 Å². The van der Waals surface area contributed by atoms with Crippen LogP contribution >= 0.6 is 11.8 Å². The number of carbonyl (C=O) groups is 1. The van der Waals surface area contributed by atoms with Crippen LogP contribution in [0.2, 0.25) is 0 Å². The molecule has 4 aromatic rings. The number of aromatic nitrogens is 1. The lowest BCUT2D eigenvalue weighted by Gasteiger charge is -2.24. The Morgan fingerprint density at radius 2 is 1.77 bits per heavy atom. The zero-order chi connectivity index (χ0) is 21.7. The molecule has 31 heavy (non-hydrogen) atoms. The molecule has 0 saturated carbocycles. The zero-order valence-corrected chi connectivity index (χ0v) is 18.2. The Hall–Kier alpha value is -3.38. The summed E-state index contributed by atoms with van der Waals surface area (Å²) in [5.74, 6) is 0.227. The topological polar surface area (TPSA) is 63.4 Å². The number of benzene rings is 2. The lowest BCUT2D eigenvalue weighted by Crippen LogP contribution is -2.30. The fourth-order valence-corrected chi connectivity index (χ4v) is 4.50. The Labute approximate surface area is 183 Å². The molecule has 1 aliphatic heterocycles. The van der Waals surface area contributed by atoms with Crippen molar-refractivity contribution in [2.45, 2.75) is 24.8 Å². The van der Waals surface area contributed by atoms with Crippen LogP contribution in [0.4, 0.5) is 5.82 Å². The minimum atomic E-state index is -0.603.